The molecule has 1 aromatic heterocycles. The maximum atomic E-state index is 11.2. The van der Waals surface area contributed by atoms with Crippen LogP contribution in [0.2, 0.25) is 0 Å². The first-order valence-corrected chi connectivity index (χ1v) is 6.58. The smallest absolute Gasteiger partial charge is 0.335 e. The van der Waals surface area contributed by atoms with Crippen molar-refractivity contribution >= 4 is 11.8 Å². The van der Waals surface area contributed by atoms with Crippen molar-refractivity contribution in [2.75, 3.05) is 19.0 Å². The lowest BCUT2D eigenvalue weighted by Gasteiger charge is -2.27. The summed E-state index contributed by atoms with van der Waals surface area (Å²) < 4.78 is 5.15. The Morgan fingerprint density at radius 1 is 1.30 bits per heavy atom. The Morgan fingerprint density at radius 2 is 1.90 bits per heavy atom. The molecule has 0 fully saturated rings. The average Bonchev–Trinajstić information content (AvgIpc) is 2.26. The summed E-state index contributed by atoms with van der Waals surface area (Å²) in [4.78, 5) is 15.8. The highest BCUT2D eigenvalue weighted by molar-refractivity contribution is 5.88. The SMILES string of the molecule is COCC(C)(C)Nc1cc(C(=O)O)cc(C(C)(C)C)n1. The number of carbonyl (C=O) groups is 1. The number of aromatic nitrogens is 1. The molecule has 1 rings (SSSR count). The number of rotatable bonds is 5. The number of aromatic carboxylic acids is 1. The topological polar surface area (TPSA) is 71.5 Å². The fraction of sp³-hybridized carbons (Fsp3) is 0.600. The Morgan fingerprint density at radius 3 is 2.35 bits per heavy atom. The summed E-state index contributed by atoms with van der Waals surface area (Å²) >= 11 is 0. The molecule has 0 unspecified atom stereocenters. The van der Waals surface area contributed by atoms with Crippen LogP contribution in [0.4, 0.5) is 5.82 Å². The molecule has 5 nitrogen and oxygen atoms in total. The second-order valence-corrected chi connectivity index (χ2v) is 6.62. The van der Waals surface area contributed by atoms with Crippen molar-refractivity contribution in [2.24, 2.45) is 0 Å². The molecular weight excluding hydrogens is 256 g/mol. The fourth-order valence-electron chi connectivity index (χ4n) is 1.85. The number of hydrogen-bond donors (Lipinski definition) is 2. The van der Waals surface area contributed by atoms with Crippen LogP contribution in [0.15, 0.2) is 12.1 Å². The molecule has 0 saturated carbocycles. The molecule has 0 radical (unpaired) electrons. The zero-order chi connectivity index (χ0) is 15.6. The monoisotopic (exact) mass is 280 g/mol. The third-order valence-electron chi connectivity index (χ3n) is 2.81. The third-order valence-corrected chi connectivity index (χ3v) is 2.81. The Kier molecular flexibility index (Phi) is 4.76. The molecule has 112 valence electrons. The zero-order valence-corrected chi connectivity index (χ0v) is 13.1. The Balaban J connectivity index is 3.19. The first-order valence-electron chi connectivity index (χ1n) is 6.58. The Labute approximate surface area is 120 Å². The van der Waals surface area contributed by atoms with E-state index >= 15 is 0 Å². The number of methoxy groups -OCH3 is 1. The molecule has 20 heavy (non-hydrogen) atoms. The minimum atomic E-state index is -0.953. The van der Waals surface area contributed by atoms with Crippen LogP contribution in [0.3, 0.4) is 0 Å². The number of anilines is 1. The van der Waals surface area contributed by atoms with Gasteiger partial charge in [-0.25, -0.2) is 9.78 Å². The molecule has 1 aromatic rings. The van der Waals surface area contributed by atoms with Gasteiger partial charge in [0.05, 0.1) is 17.7 Å². The van der Waals surface area contributed by atoms with Gasteiger partial charge in [-0.3, -0.25) is 0 Å². The summed E-state index contributed by atoms with van der Waals surface area (Å²) in [7, 11) is 1.63. The highest BCUT2D eigenvalue weighted by atomic mass is 16.5. The van der Waals surface area contributed by atoms with Gasteiger partial charge in [0.1, 0.15) is 5.82 Å². The summed E-state index contributed by atoms with van der Waals surface area (Å²) in [5.74, 6) is -0.401. The van der Waals surface area contributed by atoms with Crippen molar-refractivity contribution in [1.29, 1.82) is 0 Å². The number of ether oxygens (including phenoxy) is 1. The van der Waals surface area contributed by atoms with Gasteiger partial charge in [0.2, 0.25) is 0 Å². The predicted molar refractivity (Wildman–Crippen MR) is 79.5 cm³/mol. The molecule has 0 amide bonds. The molecule has 2 N–H and O–H groups in total. The van der Waals surface area contributed by atoms with Gasteiger partial charge < -0.3 is 15.2 Å². The van der Waals surface area contributed by atoms with Gasteiger partial charge in [-0.15, -0.1) is 0 Å². The lowest BCUT2D eigenvalue weighted by Crippen LogP contribution is -2.36. The largest absolute Gasteiger partial charge is 0.478 e. The first-order chi connectivity index (χ1) is 9.05. The maximum Gasteiger partial charge on any atom is 0.335 e. The highest BCUT2D eigenvalue weighted by Crippen LogP contribution is 2.24. The maximum absolute atomic E-state index is 11.2. The van der Waals surface area contributed by atoms with Crippen LogP contribution in [-0.2, 0) is 10.2 Å². The standard InChI is InChI=1S/C15H24N2O3/c1-14(2,3)11-7-10(13(18)19)8-12(16-11)17-15(4,5)9-20-6/h7-8H,9H2,1-6H3,(H,16,17)(H,18,19). The van der Waals surface area contributed by atoms with Gasteiger partial charge in [-0.1, -0.05) is 20.8 Å². The lowest BCUT2D eigenvalue weighted by molar-refractivity contribution is 0.0696. The number of pyridine rings is 1. The minimum absolute atomic E-state index is 0.215. The number of carboxylic acid groups (broad SMARTS) is 1. The van der Waals surface area contributed by atoms with Gasteiger partial charge in [0.25, 0.3) is 0 Å². The number of nitrogens with zero attached hydrogens (tertiary/aromatic N) is 1. The Bertz CT molecular complexity index is 490. The second-order valence-electron chi connectivity index (χ2n) is 6.62. The van der Waals surface area contributed by atoms with E-state index in [9.17, 15) is 9.90 Å². The molecule has 0 aromatic carbocycles. The van der Waals surface area contributed by atoms with E-state index in [0.717, 1.165) is 5.69 Å². The van der Waals surface area contributed by atoms with Crippen LogP contribution in [-0.4, -0.2) is 35.3 Å². The number of hydrogen-bond acceptors (Lipinski definition) is 4. The molecule has 0 saturated heterocycles. The van der Waals surface area contributed by atoms with Gasteiger partial charge in [-0.05, 0) is 26.0 Å². The fourth-order valence-corrected chi connectivity index (χ4v) is 1.85. The highest BCUT2D eigenvalue weighted by Gasteiger charge is 2.22. The van der Waals surface area contributed by atoms with E-state index in [1.165, 1.54) is 0 Å². The zero-order valence-electron chi connectivity index (χ0n) is 13.1. The molecule has 0 bridgehead atoms. The average molecular weight is 280 g/mol. The van der Waals surface area contributed by atoms with Crippen LogP contribution in [0, 0.1) is 0 Å². The summed E-state index contributed by atoms with van der Waals surface area (Å²) in [6, 6.07) is 3.17. The van der Waals surface area contributed by atoms with Crippen molar-refractivity contribution in [3.8, 4) is 0 Å². The van der Waals surface area contributed by atoms with Gasteiger partial charge in [0, 0.05) is 18.2 Å². The van der Waals surface area contributed by atoms with Crippen molar-refractivity contribution < 1.29 is 14.6 Å². The van der Waals surface area contributed by atoms with E-state index in [1.807, 2.05) is 34.6 Å². The van der Waals surface area contributed by atoms with Crippen molar-refractivity contribution in [3.63, 3.8) is 0 Å². The van der Waals surface area contributed by atoms with Gasteiger partial charge in [0.15, 0.2) is 0 Å². The number of carboxylic acids is 1. The summed E-state index contributed by atoms with van der Waals surface area (Å²) in [6.07, 6.45) is 0. The molecule has 0 aliphatic carbocycles. The lowest BCUT2D eigenvalue weighted by atomic mass is 9.90. The van der Waals surface area contributed by atoms with E-state index in [-0.39, 0.29) is 16.5 Å². The quantitative estimate of drug-likeness (QED) is 0.867. The van der Waals surface area contributed by atoms with Gasteiger partial charge >= 0.3 is 5.97 Å². The Hall–Kier alpha value is -1.62. The molecule has 0 spiro atoms. The van der Waals surface area contributed by atoms with E-state index in [2.05, 4.69) is 10.3 Å². The summed E-state index contributed by atoms with van der Waals surface area (Å²) in [5.41, 5.74) is 0.440. The van der Waals surface area contributed by atoms with Crippen LogP contribution < -0.4 is 5.32 Å². The normalized spacial score (nSPS) is 12.3. The molecule has 0 aliphatic heterocycles. The minimum Gasteiger partial charge on any atom is -0.478 e. The van der Waals surface area contributed by atoms with Crippen LogP contribution in [0.25, 0.3) is 0 Å². The van der Waals surface area contributed by atoms with E-state index in [0.29, 0.717) is 12.4 Å². The predicted octanol–water partition coefficient (Wildman–Crippen LogP) is 2.91. The van der Waals surface area contributed by atoms with Crippen molar-refractivity contribution in [3.05, 3.63) is 23.4 Å². The van der Waals surface area contributed by atoms with E-state index < -0.39 is 5.97 Å². The third kappa shape index (κ3) is 4.49. The van der Waals surface area contributed by atoms with Crippen LogP contribution in [0.1, 0.15) is 50.7 Å². The summed E-state index contributed by atoms with van der Waals surface area (Å²) in [5, 5.41) is 12.4. The molecule has 0 aliphatic rings. The molecular formula is C15H24N2O3. The van der Waals surface area contributed by atoms with Crippen molar-refractivity contribution in [1.82, 2.24) is 4.98 Å². The molecule has 5 heteroatoms. The van der Waals surface area contributed by atoms with Crippen molar-refractivity contribution in [2.45, 2.75) is 45.6 Å². The van der Waals surface area contributed by atoms with Crippen LogP contribution in [0.5, 0.6) is 0 Å². The summed E-state index contributed by atoms with van der Waals surface area (Å²) in [6.45, 7) is 10.5. The van der Waals surface area contributed by atoms with Crippen LogP contribution >= 0.6 is 0 Å². The molecule has 1 heterocycles. The van der Waals surface area contributed by atoms with Gasteiger partial charge in [-0.2, -0.15) is 0 Å². The van der Waals surface area contributed by atoms with E-state index in [1.54, 1.807) is 19.2 Å². The molecule has 0 atom stereocenters. The number of nitrogens with one attached hydrogen (secondary N) is 1. The second kappa shape index (κ2) is 5.79. The van der Waals surface area contributed by atoms with E-state index in [4.69, 9.17) is 4.74 Å². The first kappa shape index (κ1) is 16.4.